The van der Waals surface area contributed by atoms with Crippen LogP contribution in [0, 0.1) is 0 Å². The summed E-state index contributed by atoms with van der Waals surface area (Å²) in [4.78, 5) is 35.0. The van der Waals surface area contributed by atoms with E-state index in [2.05, 4.69) is 6.58 Å². The van der Waals surface area contributed by atoms with Gasteiger partial charge in [-0.15, -0.1) is 29.3 Å². The Bertz CT molecular complexity index is 1090. The van der Waals surface area contributed by atoms with Gasteiger partial charge in [0, 0.05) is 35.5 Å². The predicted molar refractivity (Wildman–Crippen MR) is 128 cm³/mol. The third kappa shape index (κ3) is 4.26. The van der Waals surface area contributed by atoms with E-state index in [1.54, 1.807) is 22.0 Å². The minimum atomic E-state index is -0.291. The number of carbonyl (C=O) groups is 1. The van der Waals surface area contributed by atoms with Crippen molar-refractivity contribution in [1.29, 1.82) is 0 Å². The maximum absolute atomic E-state index is 13.4. The molecule has 0 aromatic carbocycles. The molecule has 1 aliphatic rings. The second-order valence-electron chi connectivity index (χ2n) is 7.41. The van der Waals surface area contributed by atoms with E-state index in [0.29, 0.717) is 17.1 Å². The Hall–Kier alpha value is -1.90. The van der Waals surface area contributed by atoms with Crippen LogP contribution in [0.4, 0.5) is 0 Å². The molecule has 0 spiro atoms. The van der Waals surface area contributed by atoms with Gasteiger partial charge in [-0.05, 0) is 31.2 Å². The summed E-state index contributed by atoms with van der Waals surface area (Å²) in [5, 5.41) is 4.96. The summed E-state index contributed by atoms with van der Waals surface area (Å²) in [6.07, 6.45) is 6.21. The molecule has 158 valence electrons. The summed E-state index contributed by atoms with van der Waals surface area (Å²) in [5.74, 6) is 0.131. The number of amides is 1. The number of rotatable bonds is 6. The lowest BCUT2D eigenvalue weighted by Gasteiger charge is -2.24. The Kier molecular flexibility index (Phi) is 6.75. The van der Waals surface area contributed by atoms with Crippen molar-refractivity contribution < 1.29 is 4.79 Å². The number of nitrogens with zero attached hydrogens (tertiary/aromatic N) is 3. The van der Waals surface area contributed by atoms with Crippen molar-refractivity contribution in [2.45, 2.75) is 49.6 Å². The van der Waals surface area contributed by atoms with E-state index in [1.165, 1.54) is 35.9 Å². The van der Waals surface area contributed by atoms with Crippen LogP contribution in [0.25, 0.3) is 20.7 Å². The van der Waals surface area contributed by atoms with Gasteiger partial charge in [0.25, 0.3) is 5.56 Å². The Morgan fingerprint density at radius 2 is 2.07 bits per heavy atom. The highest BCUT2D eigenvalue weighted by Crippen LogP contribution is 2.35. The molecule has 1 saturated heterocycles. The summed E-state index contributed by atoms with van der Waals surface area (Å²) in [6.45, 7) is 7.74. The number of thiophene rings is 2. The molecule has 0 bridgehead atoms. The summed E-state index contributed by atoms with van der Waals surface area (Å²) < 4.78 is 1.65. The highest BCUT2D eigenvalue weighted by molar-refractivity contribution is 8.00. The molecule has 5 nitrogen and oxygen atoms in total. The second kappa shape index (κ2) is 9.49. The summed E-state index contributed by atoms with van der Waals surface area (Å²) in [7, 11) is 0. The molecule has 30 heavy (non-hydrogen) atoms. The largest absolute Gasteiger partial charge is 0.342 e. The molecular formula is C22H25N3O2S3. The molecule has 0 saturated carbocycles. The number of fused-ring (bicyclic) bond motifs is 1. The molecule has 1 unspecified atom stereocenters. The van der Waals surface area contributed by atoms with Crippen LogP contribution in [0.2, 0.25) is 0 Å². The molecule has 8 heteroatoms. The van der Waals surface area contributed by atoms with Gasteiger partial charge in [0.15, 0.2) is 5.16 Å². The van der Waals surface area contributed by atoms with Crippen LogP contribution < -0.4 is 5.56 Å². The lowest BCUT2D eigenvalue weighted by atomic mass is 10.2. The predicted octanol–water partition coefficient (Wildman–Crippen LogP) is 5.26. The second-order valence-corrected chi connectivity index (χ2v) is 10.5. The standard InChI is InChI=1S/C22H25N3O2S3/c1-3-10-25-21(27)18-16(17-9-8-13-28-17)14-29-19(18)23-22(25)30-15(2)20(26)24-11-6-4-5-7-12-24/h3,8-9,13-15H,1,4-7,10-12H2,2H3. The molecule has 0 radical (unpaired) electrons. The molecule has 1 atom stereocenters. The highest BCUT2D eigenvalue weighted by atomic mass is 32.2. The van der Waals surface area contributed by atoms with Crippen LogP contribution in [-0.2, 0) is 11.3 Å². The lowest BCUT2D eigenvalue weighted by Crippen LogP contribution is -2.37. The van der Waals surface area contributed by atoms with Crippen molar-refractivity contribution in [1.82, 2.24) is 14.5 Å². The Labute approximate surface area is 188 Å². The molecule has 4 heterocycles. The maximum Gasteiger partial charge on any atom is 0.263 e. The van der Waals surface area contributed by atoms with Crippen LogP contribution >= 0.6 is 34.4 Å². The molecule has 1 fully saturated rings. The summed E-state index contributed by atoms with van der Waals surface area (Å²) in [6, 6.07) is 4.01. The van der Waals surface area contributed by atoms with Gasteiger partial charge in [-0.25, -0.2) is 4.98 Å². The maximum atomic E-state index is 13.4. The Balaban J connectivity index is 1.68. The van der Waals surface area contributed by atoms with Gasteiger partial charge < -0.3 is 4.90 Å². The molecule has 4 rings (SSSR count). The molecule has 3 aromatic heterocycles. The SMILES string of the molecule is C=CCn1c(SC(C)C(=O)N2CCCCCC2)nc2scc(-c3cccs3)c2c1=O. The number of aromatic nitrogens is 2. The Morgan fingerprint density at radius 1 is 1.30 bits per heavy atom. The number of hydrogen-bond acceptors (Lipinski definition) is 6. The van der Waals surface area contributed by atoms with E-state index in [0.717, 1.165) is 41.2 Å². The zero-order valence-electron chi connectivity index (χ0n) is 17.0. The average Bonchev–Trinajstić information content (AvgIpc) is 3.33. The first-order chi connectivity index (χ1) is 14.6. The van der Waals surface area contributed by atoms with E-state index >= 15 is 0 Å². The van der Waals surface area contributed by atoms with Crippen LogP contribution in [0.1, 0.15) is 32.6 Å². The van der Waals surface area contributed by atoms with Gasteiger partial charge in [0.1, 0.15) is 4.83 Å². The molecule has 0 aliphatic carbocycles. The smallest absolute Gasteiger partial charge is 0.263 e. The normalized spacial score (nSPS) is 15.8. The first-order valence-corrected chi connectivity index (χ1v) is 12.9. The average molecular weight is 460 g/mol. The summed E-state index contributed by atoms with van der Waals surface area (Å²) in [5.41, 5.74) is 0.868. The fourth-order valence-corrected chi connectivity index (χ4v) is 6.56. The van der Waals surface area contributed by atoms with Crippen LogP contribution in [0.3, 0.4) is 0 Å². The van der Waals surface area contributed by atoms with Crippen molar-refractivity contribution in [3.05, 3.63) is 45.9 Å². The molecule has 1 aliphatic heterocycles. The molecule has 0 N–H and O–H groups in total. The van der Waals surface area contributed by atoms with Crippen molar-refractivity contribution in [2.75, 3.05) is 13.1 Å². The van der Waals surface area contributed by atoms with Gasteiger partial charge in [-0.3, -0.25) is 14.2 Å². The van der Waals surface area contributed by atoms with Crippen LogP contribution in [0.5, 0.6) is 0 Å². The lowest BCUT2D eigenvalue weighted by molar-refractivity contribution is -0.130. The van der Waals surface area contributed by atoms with Gasteiger partial charge in [0.05, 0.1) is 10.6 Å². The fourth-order valence-electron chi connectivity index (χ4n) is 3.76. The molecule has 1 amide bonds. The van der Waals surface area contributed by atoms with Crippen molar-refractivity contribution in [3.8, 4) is 10.4 Å². The van der Waals surface area contributed by atoms with Gasteiger partial charge in [-0.2, -0.15) is 0 Å². The topological polar surface area (TPSA) is 55.2 Å². The molecule has 3 aromatic rings. The van der Waals surface area contributed by atoms with E-state index in [-0.39, 0.29) is 16.7 Å². The van der Waals surface area contributed by atoms with E-state index < -0.39 is 0 Å². The third-order valence-electron chi connectivity index (χ3n) is 5.30. The number of thioether (sulfide) groups is 1. The summed E-state index contributed by atoms with van der Waals surface area (Å²) >= 11 is 4.47. The number of carbonyl (C=O) groups excluding carboxylic acids is 1. The number of likely N-dealkylation sites (tertiary alicyclic amines) is 1. The third-order valence-corrected chi connectivity index (χ3v) is 8.16. The first kappa shape index (κ1) is 21.3. The van der Waals surface area contributed by atoms with Crippen LogP contribution in [-0.4, -0.2) is 38.7 Å². The zero-order chi connectivity index (χ0) is 21.1. The van der Waals surface area contributed by atoms with Crippen molar-refractivity contribution >= 4 is 50.6 Å². The first-order valence-electron chi connectivity index (χ1n) is 10.2. The Morgan fingerprint density at radius 3 is 2.73 bits per heavy atom. The fraction of sp³-hybridized carbons (Fsp3) is 0.409. The van der Waals surface area contributed by atoms with Crippen molar-refractivity contribution in [3.63, 3.8) is 0 Å². The highest BCUT2D eigenvalue weighted by Gasteiger charge is 2.25. The number of hydrogen-bond donors (Lipinski definition) is 0. The minimum absolute atomic E-state index is 0.0681. The quantitative estimate of drug-likeness (QED) is 0.287. The van der Waals surface area contributed by atoms with E-state index in [4.69, 9.17) is 4.98 Å². The van der Waals surface area contributed by atoms with E-state index in [1.807, 2.05) is 34.7 Å². The minimum Gasteiger partial charge on any atom is -0.342 e. The number of allylic oxidation sites excluding steroid dienone is 1. The van der Waals surface area contributed by atoms with Gasteiger partial charge >= 0.3 is 0 Å². The monoisotopic (exact) mass is 459 g/mol. The van der Waals surface area contributed by atoms with Gasteiger partial charge in [-0.1, -0.05) is 36.7 Å². The van der Waals surface area contributed by atoms with Crippen LogP contribution in [0.15, 0.2) is 45.5 Å². The van der Waals surface area contributed by atoms with Gasteiger partial charge in [0.2, 0.25) is 5.91 Å². The van der Waals surface area contributed by atoms with Crippen molar-refractivity contribution in [2.24, 2.45) is 0 Å². The zero-order valence-corrected chi connectivity index (χ0v) is 19.5. The molecular weight excluding hydrogens is 434 g/mol. The van der Waals surface area contributed by atoms with E-state index in [9.17, 15) is 9.59 Å².